The molecule has 0 unspecified atom stereocenters. The van der Waals surface area contributed by atoms with Crippen LogP contribution in [-0.2, 0) is 6.54 Å². The maximum atomic E-state index is 10.5. The van der Waals surface area contributed by atoms with Crippen molar-refractivity contribution >= 4 is 0 Å². The zero-order valence-electron chi connectivity index (χ0n) is 19.3. The van der Waals surface area contributed by atoms with E-state index in [2.05, 4.69) is 40.9 Å². The van der Waals surface area contributed by atoms with Crippen molar-refractivity contribution in [1.82, 2.24) is 14.7 Å². The minimum atomic E-state index is -0.455. The second-order valence-corrected chi connectivity index (χ2v) is 9.44. The first kappa shape index (κ1) is 23.5. The van der Waals surface area contributed by atoms with Crippen LogP contribution < -0.4 is 4.74 Å². The Morgan fingerprint density at radius 3 is 2.57 bits per heavy atom. The summed E-state index contributed by atoms with van der Waals surface area (Å²) in [6.07, 6.45) is 10.0. The Morgan fingerprint density at radius 1 is 1.07 bits per heavy atom. The van der Waals surface area contributed by atoms with Gasteiger partial charge in [0.05, 0.1) is 0 Å². The SMILES string of the molecule is CN(CCCN1CCCC1)Cc1ccccc1OC[C@H](O)CN(C)C1CCCCC1. The highest BCUT2D eigenvalue weighted by molar-refractivity contribution is 5.33. The molecule has 1 saturated carbocycles. The summed E-state index contributed by atoms with van der Waals surface area (Å²) in [5, 5.41) is 10.5. The molecule has 1 aromatic rings. The van der Waals surface area contributed by atoms with E-state index in [9.17, 15) is 5.11 Å². The van der Waals surface area contributed by atoms with Gasteiger partial charge in [0.2, 0.25) is 0 Å². The van der Waals surface area contributed by atoms with Crippen LogP contribution in [0.1, 0.15) is 56.9 Å². The van der Waals surface area contributed by atoms with E-state index >= 15 is 0 Å². The van der Waals surface area contributed by atoms with E-state index in [-0.39, 0.29) is 0 Å². The first-order chi connectivity index (χ1) is 14.6. The number of aliphatic hydroxyl groups excluding tert-OH is 1. The molecule has 170 valence electrons. The van der Waals surface area contributed by atoms with Crippen molar-refractivity contribution in [2.45, 2.75) is 70.1 Å². The van der Waals surface area contributed by atoms with Gasteiger partial charge in [0.15, 0.2) is 0 Å². The van der Waals surface area contributed by atoms with Gasteiger partial charge in [0.1, 0.15) is 18.5 Å². The highest BCUT2D eigenvalue weighted by Gasteiger charge is 2.20. The molecule has 5 nitrogen and oxygen atoms in total. The fourth-order valence-electron chi connectivity index (χ4n) is 4.96. The predicted octanol–water partition coefficient (Wildman–Crippen LogP) is 3.61. The van der Waals surface area contributed by atoms with E-state index in [0.717, 1.165) is 18.8 Å². The summed E-state index contributed by atoms with van der Waals surface area (Å²) < 4.78 is 6.06. The molecule has 1 aromatic carbocycles. The number of aliphatic hydroxyl groups is 1. The van der Waals surface area contributed by atoms with Crippen molar-refractivity contribution in [3.05, 3.63) is 29.8 Å². The molecule has 2 fully saturated rings. The lowest BCUT2D eigenvalue weighted by atomic mass is 9.94. The molecule has 0 aromatic heterocycles. The van der Waals surface area contributed by atoms with Gasteiger partial charge in [-0.3, -0.25) is 0 Å². The van der Waals surface area contributed by atoms with Gasteiger partial charge in [0.25, 0.3) is 0 Å². The van der Waals surface area contributed by atoms with Gasteiger partial charge >= 0.3 is 0 Å². The summed E-state index contributed by atoms with van der Waals surface area (Å²) in [5.41, 5.74) is 1.20. The third-order valence-corrected chi connectivity index (χ3v) is 6.75. The van der Waals surface area contributed by atoms with Crippen LogP contribution in [0.5, 0.6) is 5.75 Å². The van der Waals surface area contributed by atoms with Crippen molar-refractivity contribution in [3.63, 3.8) is 0 Å². The lowest BCUT2D eigenvalue weighted by Gasteiger charge is -2.32. The van der Waals surface area contributed by atoms with Gasteiger partial charge in [-0.1, -0.05) is 37.5 Å². The van der Waals surface area contributed by atoms with E-state index in [4.69, 9.17) is 4.74 Å². The summed E-state index contributed by atoms with van der Waals surface area (Å²) in [6.45, 7) is 6.78. The summed E-state index contributed by atoms with van der Waals surface area (Å²) in [5.74, 6) is 0.906. The van der Waals surface area contributed by atoms with E-state index in [1.807, 2.05) is 12.1 Å². The monoisotopic (exact) mass is 417 g/mol. The first-order valence-corrected chi connectivity index (χ1v) is 12.1. The van der Waals surface area contributed by atoms with Crippen LogP contribution >= 0.6 is 0 Å². The average Bonchev–Trinajstić information content (AvgIpc) is 3.27. The third-order valence-electron chi connectivity index (χ3n) is 6.75. The molecule has 3 rings (SSSR count). The summed E-state index contributed by atoms with van der Waals surface area (Å²) >= 11 is 0. The number of hydrogen-bond acceptors (Lipinski definition) is 5. The Kier molecular flexibility index (Phi) is 9.92. The normalized spacial score (nSPS) is 19.6. The van der Waals surface area contributed by atoms with Crippen LogP contribution in [0.3, 0.4) is 0 Å². The topological polar surface area (TPSA) is 39.2 Å². The molecule has 1 atom stereocenters. The summed E-state index contributed by atoms with van der Waals surface area (Å²) in [7, 11) is 4.33. The van der Waals surface area contributed by atoms with Crippen LogP contribution in [0.15, 0.2) is 24.3 Å². The summed E-state index contributed by atoms with van der Waals surface area (Å²) in [6, 6.07) is 8.90. The zero-order valence-corrected chi connectivity index (χ0v) is 19.3. The molecular formula is C25H43N3O2. The van der Waals surface area contributed by atoms with Gasteiger partial charge in [0, 0.05) is 24.7 Å². The maximum Gasteiger partial charge on any atom is 0.123 e. The lowest BCUT2D eigenvalue weighted by Crippen LogP contribution is -2.40. The number of benzene rings is 1. The van der Waals surface area contributed by atoms with Crippen molar-refractivity contribution in [3.8, 4) is 5.75 Å². The molecule has 1 heterocycles. The highest BCUT2D eigenvalue weighted by atomic mass is 16.5. The smallest absolute Gasteiger partial charge is 0.123 e. The molecule has 1 N–H and O–H groups in total. The van der Waals surface area contributed by atoms with Gasteiger partial charge in [-0.2, -0.15) is 0 Å². The van der Waals surface area contributed by atoms with E-state index in [1.54, 1.807) is 0 Å². The van der Waals surface area contributed by atoms with Crippen molar-refractivity contribution < 1.29 is 9.84 Å². The number of likely N-dealkylation sites (N-methyl/N-ethyl adjacent to an activating group) is 1. The molecule has 2 aliphatic rings. The molecule has 5 heteroatoms. The van der Waals surface area contributed by atoms with Crippen LogP contribution in [-0.4, -0.2) is 85.4 Å². The number of nitrogens with zero attached hydrogens (tertiary/aromatic N) is 3. The van der Waals surface area contributed by atoms with Crippen molar-refractivity contribution in [1.29, 1.82) is 0 Å². The number of ether oxygens (including phenoxy) is 1. The first-order valence-electron chi connectivity index (χ1n) is 12.1. The maximum absolute atomic E-state index is 10.5. The number of para-hydroxylation sites is 1. The molecule has 1 aliphatic heterocycles. The standard InChI is InChI=1S/C25H43N3O2/c1-26(15-10-18-28-16-8-9-17-28)19-22-11-6-7-14-25(22)30-21-24(29)20-27(2)23-12-4-3-5-13-23/h6-7,11,14,23-24,29H,3-5,8-10,12-13,15-21H2,1-2H3/t24-/m1/s1. The highest BCUT2D eigenvalue weighted by Crippen LogP contribution is 2.22. The third kappa shape index (κ3) is 7.84. The number of likely N-dealkylation sites (tertiary alicyclic amines) is 1. The molecule has 1 aliphatic carbocycles. The molecule has 0 spiro atoms. The van der Waals surface area contributed by atoms with Gasteiger partial charge < -0.3 is 24.5 Å². The lowest BCUT2D eigenvalue weighted by molar-refractivity contribution is 0.0557. The average molecular weight is 418 g/mol. The number of hydrogen-bond donors (Lipinski definition) is 1. The van der Waals surface area contributed by atoms with Crippen LogP contribution in [0, 0.1) is 0 Å². The van der Waals surface area contributed by atoms with Crippen molar-refractivity contribution in [2.75, 3.05) is 53.4 Å². The van der Waals surface area contributed by atoms with E-state index < -0.39 is 6.10 Å². The predicted molar refractivity (Wildman–Crippen MR) is 124 cm³/mol. The molecule has 1 saturated heterocycles. The zero-order chi connectivity index (χ0) is 21.2. The summed E-state index contributed by atoms with van der Waals surface area (Å²) in [4.78, 5) is 7.29. The molecular weight excluding hydrogens is 374 g/mol. The van der Waals surface area contributed by atoms with Crippen LogP contribution in [0.4, 0.5) is 0 Å². The van der Waals surface area contributed by atoms with Crippen LogP contribution in [0.25, 0.3) is 0 Å². The van der Waals surface area contributed by atoms with Crippen molar-refractivity contribution in [2.24, 2.45) is 0 Å². The largest absolute Gasteiger partial charge is 0.491 e. The molecule has 30 heavy (non-hydrogen) atoms. The van der Waals surface area contributed by atoms with Gasteiger partial charge in [-0.25, -0.2) is 0 Å². The molecule has 0 radical (unpaired) electrons. The van der Waals surface area contributed by atoms with Gasteiger partial charge in [-0.05, 0) is 78.4 Å². The molecule has 0 amide bonds. The second-order valence-electron chi connectivity index (χ2n) is 9.44. The van der Waals surface area contributed by atoms with Crippen LogP contribution in [0.2, 0.25) is 0 Å². The molecule has 0 bridgehead atoms. The Morgan fingerprint density at radius 2 is 1.80 bits per heavy atom. The quantitative estimate of drug-likeness (QED) is 0.563. The fourth-order valence-corrected chi connectivity index (χ4v) is 4.96. The fraction of sp³-hybridized carbons (Fsp3) is 0.760. The Labute approximate surface area is 184 Å². The Bertz CT molecular complexity index is 600. The van der Waals surface area contributed by atoms with E-state index in [0.29, 0.717) is 19.2 Å². The second kappa shape index (κ2) is 12.7. The minimum Gasteiger partial charge on any atom is -0.491 e. The van der Waals surface area contributed by atoms with E-state index in [1.165, 1.54) is 76.6 Å². The Hall–Kier alpha value is -1.14. The Balaban J connectivity index is 1.40. The minimum absolute atomic E-state index is 0.354. The van der Waals surface area contributed by atoms with Gasteiger partial charge in [-0.15, -0.1) is 0 Å². The number of rotatable bonds is 12.